The second kappa shape index (κ2) is 6.06. The molecule has 1 fully saturated rings. The van der Waals surface area contributed by atoms with Crippen LogP contribution < -0.4 is 5.32 Å². The van der Waals surface area contributed by atoms with E-state index in [4.69, 9.17) is 0 Å². The molecule has 1 aliphatic rings. The third kappa shape index (κ3) is 2.94. The molecule has 2 aromatic carbocycles. The van der Waals surface area contributed by atoms with E-state index in [1.54, 1.807) is 0 Å². The first-order valence-corrected chi connectivity index (χ1v) is 8.81. The SMILES string of the molecule is CC(NC1CCS(=O)CC1)c1cccc2ccccc12. The molecule has 1 unspecified atom stereocenters. The molecule has 0 bridgehead atoms. The summed E-state index contributed by atoms with van der Waals surface area (Å²) < 4.78 is 11.4. The molecule has 1 aliphatic heterocycles. The molecule has 20 heavy (non-hydrogen) atoms. The summed E-state index contributed by atoms with van der Waals surface area (Å²) in [6.07, 6.45) is 2.06. The highest BCUT2D eigenvalue weighted by molar-refractivity contribution is 7.85. The summed E-state index contributed by atoms with van der Waals surface area (Å²) in [5.41, 5.74) is 1.36. The summed E-state index contributed by atoms with van der Waals surface area (Å²) in [4.78, 5) is 0. The molecule has 1 heterocycles. The van der Waals surface area contributed by atoms with Crippen molar-refractivity contribution in [2.45, 2.75) is 31.8 Å². The Kier molecular flexibility index (Phi) is 4.18. The zero-order valence-electron chi connectivity index (χ0n) is 11.8. The average molecular weight is 287 g/mol. The number of hydrogen-bond acceptors (Lipinski definition) is 2. The monoisotopic (exact) mass is 287 g/mol. The Morgan fingerprint density at radius 3 is 2.60 bits per heavy atom. The number of hydrogen-bond donors (Lipinski definition) is 1. The smallest absolute Gasteiger partial charge is 0.0300 e. The summed E-state index contributed by atoms with van der Waals surface area (Å²) in [5, 5.41) is 6.34. The van der Waals surface area contributed by atoms with Crippen molar-refractivity contribution in [1.82, 2.24) is 5.32 Å². The average Bonchev–Trinajstić information content (AvgIpc) is 2.49. The summed E-state index contributed by atoms with van der Waals surface area (Å²) in [7, 11) is -0.582. The molecule has 0 aliphatic carbocycles. The van der Waals surface area contributed by atoms with Crippen LogP contribution in [0.25, 0.3) is 10.8 Å². The van der Waals surface area contributed by atoms with Gasteiger partial charge in [0, 0.05) is 34.4 Å². The molecule has 0 amide bonds. The van der Waals surface area contributed by atoms with Gasteiger partial charge in [-0.25, -0.2) is 0 Å². The largest absolute Gasteiger partial charge is 0.307 e. The van der Waals surface area contributed by atoms with Gasteiger partial charge in [0.05, 0.1) is 0 Å². The lowest BCUT2D eigenvalue weighted by atomic mass is 9.98. The fraction of sp³-hybridized carbons (Fsp3) is 0.412. The predicted molar refractivity (Wildman–Crippen MR) is 86.4 cm³/mol. The zero-order chi connectivity index (χ0) is 13.9. The second-order valence-corrected chi connectivity index (χ2v) is 7.28. The van der Waals surface area contributed by atoms with Gasteiger partial charge in [0.1, 0.15) is 0 Å². The number of rotatable bonds is 3. The topological polar surface area (TPSA) is 29.1 Å². The Balaban J connectivity index is 1.78. The van der Waals surface area contributed by atoms with Gasteiger partial charge in [0.15, 0.2) is 0 Å². The van der Waals surface area contributed by atoms with Crippen molar-refractivity contribution < 1.29 is 4.21 Å². The first-order valence-electron chi connectivity index (χ1n) is 7.33. The molecule has 1 atom stereocenters. The van der Waals surface area contributed by atoms with E-state index in [9.17, 15) is 4.21 Å². The maximum atomic E-state index is 11.4. The summed E-state index contributed by atoms with van der Waals surface area (Å²) in [5.74, 6) is 1.69. The molecule has 0 aromatic heterocycles. The molecule has 0 saturated carbocycles. The van der Waals surface area contributed by atoms with E-state index < -0.39 is 10.8 Å². The van der Waals surface area contributed by atoms with Gasteiger partial charge in [0.2, 0.25) is 0 Å². The first-order chi connectivity index (χ1) is 9.74. The normalized spacial score (nSPS) is 24.6. The second-order valence-electron chi connectivity index (χ2n) is 5.58. The van der Waals surface area contributed by atoms with E-state index in [1.807, 2.05) is 0 Å². The van der Waals surface area contributed by atoms with Crippen molar-refractivity contribution in [2.24, 2.45) is 0 Å². The van der Waals surface area contributed by atoms with Crippen molar-refractivity contribution in [3.63, 3.8) is 0 Å². The quantitative estimate of drug-likeness (QED) is 0.937. The minimum atomic E-state index is -0.582. The van der Waals surface area contributed by atoms with Crippen molar-refractivity contribution in [3.05, 3.63) is 48.0 Å². The lowest BCUT2D eigenvalue weighted by Crippen LogP contribution is -2.37. The predicted octanol–water partition coefficient (Wildman–Crippen LogP) is 3.40. The Bertz CT molecular complexity index is 610. The highest BCUT2D eigenvalue weighted by atomic mass is 32.2. The van der Waals surface area contributed by atoms with Gasteiger partial charge in [-0.3, -0.25) is 4.21 Å². The molecule has 0 radical (unpaired) electrons. The molecular formula is C17H21NOS. The summed E-state index contributed by atoms with van der Waals surface area (Å²) in [6, 6.07) is 15.9. The fourth-order valence-electron chi connectivity index (χ4n) is 3.03. The molecule has 0 spiro atoms. The Hall–Kier alpha value is -1.19. The van der Waals surface area contributed by atoms with Crippen molar-refractivity contribution in [3.8, 4) is 0 Å². The zero-order valence-corrected chi connectivity index (χ0v) is 12.7. The van der Waals surface area contributed by atoms with Crippen LogP contribution in [0.15, 0.2) is 42.5 Å². The van der Waals surface area contributed by atoms with Gasteiger partial charge in [-0.05, 0) is 36.1 Å². The Morgan fingerprint density at radius 1 is 1.10 bits per heavy atom. The number of fused-ring (bicyclic) bond motifs is 1. The van der Waals surface area contributed by atoms with Gasteiger partial charge in [0.25, 0.3) is 0 Å². The van der Waals surface area contributed by atoms with Crippen molar-refractivity contribution in [2.75, 3.05) is 11.5 Å². The minimum Gasteiger partial charge on any atom is -0.307 e. The van der Waals surface area contributed by atoms with Crippen molar-refractivity contribution in [1.29, 1.82) is 0 Å². The van der Waals surface area contributed by atoms with Crippen LogP contribution in [0.3, 0.4) is 0 Å². The van der Waals surface area contributed by atoms with E-state index in [0.717, 1.165) is 24.3 Å². The van der Waals surface area contributed by atoms with Crippen LogP contribution in [0.4, 0.5) is 0 Å². The van der Waals surface area contributed by atoms with Crippen LogP contribution >= 0.6 is 0 Å². The van der Waals surface area contributed by atoms with Crippen LogP contribution in [0.1, 0.15) is 31.4 Å². The highest BCUT2D eigenvalue weighted by Gasteiger charge is 2.20. The van der Waals surface area contributed by atoms with Crippen LogP contribution in [-0.4, -0.2) is 21.8 Å². The summed E-state index contributed by atoms with van der Waals surface area (Å²) in [6.45, 7) is 2.23. The van der Waals surface area contributed by atoms with E-state index in [-0.39, 0.29) is 0 Å². The van der Waals surface area contributed by atoms with E-state index >= 15 is 0 Å². The van der Waals surface area contributed by atoms with Crippen LogP contribution in [0.2, 0.25) is 0 Å². The highest BCUT2D eigenvalue weighted by Crippen LogP contribution is 2.25. The molecule has 1 saturated heterocycles. The molecule has 1 N–H and O–H groups in total. The Labute approximate surface area is 123 Å². The lowest BCUT2D eigenvalue weighted by Gasteiger charge is -2.27. The van der Waals surface area contributed by atoms with Crippen LogP contribution in [0.5, 0.6) is 0 Å². The van der Waals surface area contributed by atoms with E-state index in [0.29, 0.717) is 12.1 Å². The third-order valence-electron chi connectivity index (χ3n) is 4.16. The molecule has 106 valence electrons. The van der Waals surface area contributed by atoms with Gasteiger partial charge in [-0.1, -0.05) is 42.5 Å². The standard InChI is InChI=1S/C17H21NOS/c1-13(18-15-9-11-20(19)12-10-15)16-8-4-6-14-5-2-3-7-17(14)16/h2-8,13,15,18H,9-12H2,1H3. The fourth-order valence-corrected chi connectivity index (χ4v) is 4.33. The van der Waals surface area contributed by atoms with Gasteiger partial charge in [-0.2, -0.15) is 0 Å². The number of nitrogens with one attached hydrogen (secondary N) is 1. The van der Waals surface area contributed by atoms with E-state index in [1.165, 1.54) is 16.3 Å². The van der Waals surface area contributed by atoms with E-state index in [2.05, 4.69) is 54.7 Å². The third-order valence-corrected chi connectivity index (χ3v) is 5.55. The maximum Gasteiger partial charge on any atom is 0.0300 e. The van der Waals surface area contributed by atoms with Gasteiger partial charge >= 0.3 is 0 Å². The number of benzene rings is 2. The van der Waals surface area contributed by atoms with Gasteiger partial charge in [-0.15, -0.1) is 0 Å². The van der Waals surface area contributed by atoms with Crippen LogP contribution in [-0.2, 0) is 10.8 Å². The maximum absolute atomic E-state index is 11.4. The molecule has 2 nitrogen and oxygen atoms in total. The molecule has 2 aromatic rings. The molecule has 3 rings (SSSR count). The lowest BCUT2D eigenvalue weighted by molar-refractivity contribution is 0.428. The molecular weight excluding hydrogens is 266 g/mol. The van der Waals surface area contributed by atoms with Crippen molar-refractivity contribution >= 4 is 21.6 Å². The first kappa shape index (κ1) is 13.8. The van der Waals surface area contributed by atoms with Crippen LogP contribution in [0, 0.1) is 0 Å². The molecule has 3 heteroatoms. The minimum absolute atomic E-state index is 0.331. The summed E-state index contributed by atoms with van der Waals surface area (Å²) >= 11 is 0. The van der Waals surface area contributed by atoms with Gasteiger partial charge < -0.3 is 5.32 Å². The Morgan fingerprint density at radius 2 is 1.80 bits per heavy atom.